The zero-order valence-electron chi connectivity index (χ0n) is 18.5. The number of rotatable bonds is 5. The predicted octanol–water partition coefficient (Wildman–Crippen LogP) is 6.14. The smallest absolute Gasteiger partial charge is 0.0233 e. The van der Waals surface area contributed by atoms with E-state index < -0.39 is 0 Å². The van der Waals surface area contributed by atoms with Crippen molar-refractivity contribution in [3.05, 3.63) is 76.7 Å². The standard InChI is InChI=1S/C28H37N2/c1-3-16-29(17-4-1)21-23-10-13-26(14-11-23)27-9-7-8-25-15-12-24(20-28(25)27)22-30-18-5-2-6-19-30/h8,10-15,20,27H,1-7,9,16-19,21-22H2. The molecular weight excluding hydrogens is 364 g/mol. The number of benzene rings is 2. The van der Waals surface area contributed by atoms with Gasteiger partial charge in [-0.15, -0.1) is 0 Å². The summed E-state index contributed by atoms with van der Waals surface area (Å²) in [6, 6.07) is 16.9. The SMILES string of the molecule is [CH]1CCC(c2ccc(CN3CCCCC3)cc2)c2cc(CN3CCCCC3)ccc21. The van der Waals surface area contributed by atoms with Gasteiger partial charge < -0.3 is 0 Å². The Balaban J connectivity index is 1.31. The zero-order chi connectivity index (χ0) is 20.2. The molecule has 1 radical (unpaired) electrons. The molecule has 2 aromatic carbocycles. The predicted molar refractivity (Wildman–Crippen MR) is 126 cm³/mol. The van der Waals surface area contributed by atoms with Crippen LogP contribution in [0.4, 0.5) is 0 Å². The normalized spacial score (nSPS) is 23.3. The third kappa shape index (κ3) is 4.81. The van der Waals surface area contributed by atoms with Gasteiger partial charge in [-0.25, -0.2) is 0 Å². The van der Waals surface area contributed by atoms with Crippen LogP contribution in [0.1, 0.15) is 85.1 Å². The first-order valence-corrected chi connectivity index (χ1v) is 12.3. The largest absolute Gasteiger partial charge is 0.299 e. The average molecular weight is 402 g/mol. The summed E-state index contributed by atoms with van der Waals surface area (Å²) in [4.78, 5) is 5.26. The molecular formula is C28H37N2. The van der Waals surface area contributed by atoms with Crippen molar-refractivity contribution in [3.8, 4) is 0 Å². The molecule has 1 aliphatic carbocycles. The summed E-state index contributed by atoms with van der Waals surface area (Å²) >= 11 is 0. The molecule has 0 aromatic heterocycles. The molecule has 0 bridgehead atoms. The molecule has 1 unspecified atom stereocenters. The maximum atomic E-state index is 2.64. The first-order chi connectivity index (χ1) is 14.8. The van der Waals surface area contributed by atoms with Gasteiger partial charge in [-0.1, -0.05) is 55.3 Å². The number of likely N-dealkylation sites (tertiary alicyclic amines) is 2. The van der Waals surface area contributed by atoms with E-state index in [4.69, 9.17) is 0 Å². The minimum atomic E-state index is 0.551. The average Bonchev–Trinajstić information content (AvgIpc) is 2.81. The van der Waals surface area contributed by atoms with Gasteiger partial charge in [-0.05, 0) is 98.9 Å². The van der Waals surface area contributed by atoms with E-state index in [2.05, 4.69) is 58.7 Å². The Morgan fingerprint density at radius 1 is 0.667 bits per heavy atom. The van der Waals surface area contributed by atoms with Crippen molar-refractivity contribution in [1.82, 2.24) is 9.80 Å². The lowest BCUT2D eigenvalue weighted by molar-refractivity contribution is 0.221. The Hall–Kier alpha value is -1.64. The van der Waals surface area contributed by atoms with Crippen LogP contribution < -0.4 is 0 Å². The van der Waals surface area contributed by atoms with E-state index in [0.717, 1.165) is 13.1 Å². The zero-order valence-corrected chi connectivity index (χ0v) is 18.5. The lowest BCUT2D eigenvalue weighted by Gasteiger charge is -2.29. The molecule has 0 amide bonds. The third-order valence-corrected chi connectivity index (χ3v) is 7.44. The number of nitrogens with zero attached hydrogens (tertiary/aromatic N) is 2. The second kappa shape index (κ2) is 9.66. The van der Waals surface area contributed by atoms with Crippen LogP contribution in [0.3, 0.4) is 0 Å². The van der Waals surface area contributed by atoms with E-state index in [1.165, 1.54) is 99.8 Å². The van der Waals surface area contributed by atoms with Crippen LogP contribution in [0.5, 0.6) is 0 Å². The lowest BCUT2D eigenvalue weighted by atomic mass is 9.78. The summed E-state index contributed by atoms with van der Waals surface area (Å²) in [6.07, 6.45) is 13.2. The topological polar surface area (TPSA) is 6.48 Å². The van der Waals surface area contributed by atoms with Gasteiger partial charge in [0, 0.05) is 19.0 Å². The summed E-state index contributed by atoms with van der Waals surface area (Å²) in [7, 11) is 0. The van der Waals surface area contributed by atoms with Crippen LogP contribution in [-0.2, 0) is 13.1 Å². The van der Waals surface area contributed by atoms with E-state index in [1.54, 1.807) is 5.56 Å². The molecule has 2 saturated heterocycles. The molecule has 0 saturated carbocycles. The van der Waals surface area contributed by atoms with E-state index in [0.29, 0.717) is 5.92 Å². The minimum absolute atomic E-state index is 0.551. The number of hydrogen-bond acceptors (Lipinski definition) is 2. The van der Waals surface area contributed by atoms with Crippen molar-refractivity contribution >= 4 is 0 Å². The van der Waals surface area contributed by atoms with Crippen molar-refractivity contribution < 1.29 is 0 Å². The van der Waals surface area contributed by atoms with Gasteiger partial charge in [0.15, 0.2) is 0 Å². The molecule has 2 heterocycles. The highest BCUT2D eigenvalue weighted by atomic mass is 15.1. The maximum absolute atomic E-state index is 2.64. The monoisotopic (exact) mass is 401 g/mol. The quantitative estimate of drug-likeness (QED) is 0.594. The first kappa shape index (κ1) is 20.3. The van der Waals surface area contributed by atoms with Crippen LogP contribution in [0, 0.1) is 6.42 Å². The third-order valence-electron chi connectivity index (χ3n) is 7.44. The van der Waals surface area contributed by atoms with E-state index in [1.807, 2.05) is 0 Å². The Morgan fingerprint density at radius 3 is 1.93 bits per heavy atom. The van der Waals surface area contributed by atoms with Crippen LogP contribution in [0.2, 0.25) is 0 Å². The molecule has 0 spiro atoms. The van der Waals surface area contributed by atoms with Crippen LogP contribution >= 0.6 is 0 Å². The molecule has 3 aliphatic rings. The Labute approximate surface area is 183 Å². The molecule has 2 nitrogen and oxygen atoms in total. The van der Waals surface area contributed by atoms with Gasteiger partial charge in [-0.2, -0.15) is 0 Å². The summed E-state index contributed by atoms with van der Waals surface area (Å²) in [5.41, 5.74) is 7.49. The van der Waals surface area contributed by atoms with Crippen molar-refractivity contribution in [3.63, 3.8) is 0 Å². The van der Waals surface area contributed by atoms with Gasteiger partial charge in [-0.3, -0.25) is 9.80 Å². The fourth-order valence-corrected chi connectivity index (χ4v) is 5.72. The Bertz CT molecular complexity index is 813. The van der Waals surface area contributed by atoms with Gasteiger partial charge >= 0.3 is 0 Å². The molecule has 5 rings (SSSR count). The van der Waals surface area contributed by atoms with Gasteiger partial charge in [0.05, 0.1) is 0 Å². The van der Waals surface area contributed by atoms with Crippen molar-refractivity contribution in [1.29, 1.82) is 0 Å². The maximum Gasteiger partial charge on any atom is 0.0233 e. The molecule has 2 fully saturated rings. The fraction of sp³-hybridized carbons (Fsp3) is 0.536. The van der Waals surface area contributed by atoms with Crippen LogP contribution in [-0.4, -0.2) is 36.0 Å². The second-order valence-corrected chi connectivity index (χ2v) is 9.71. The Kier molecular flexibility index (Phi) is 6.53. The number of hydrogen-bond donors (Lipinski definition) is 0. The fourth-order valence-electron chi connectivity index (χ4n) is 5.72. The molecule has 159 valence electrons. The van der Waals surface area contributed by atoms with Gasteiger partial charge in [0.1, 0.15) is 0 Å². The molecule has 0 N–H and O–H groups in total. The molecule has 2 aromatic rings. The van der Waals surface area contributed by atoms with Crippen molar-refractivity contribution in [2.75, 3.05) is 26.2 Å². The first-order valence-electron chi connectivity index (χ1n) is 12.3. The van der Waals surface area contributed by atoms with E-state index in [-0.39, 0.29) is 0 Å². The molecule has 2 aliphatic heterocycles. The Morgan fingerprint density at radius 2 is 1.27 bits per heavy atom. The van der Waals surface area contributed by atoms with Crippen LogP contribution in [0.25, 0.3) is 0 Å². The second-order valence-electron chi connectivity index (χ2n) is 9.71. The number of fused-ring (bicyclic) bond motifs is 1. The molecule has 30 heavy (non-hydrogen) atoms. The molecule has 2 heteroatoms. The molecule has 1 atom stereocenters. The highest BCUT2D eigenvalue weighted by Crippen LogP contribution is 2.38. The summed E-state index contributed by atoms with van der Waals surface area (Å²) in [5.74, 6) is 0.551. The summed E-state index contributed by atoms with van der Waals surface area (Å²) in [6.45, 7) is 7.32. The number of piperidine rings is 2. The highest BCUT2D eigenvalue weighted by Gasteiger charge is 2.23. The highest BCUT2D eigenvalue weighted by molar-refractivity contribution is 5.46. The van der Waals surface area contributed by atoms with Crippen molar-refractivity contribution in [2.24, 2.45) is 0 Å². The summed E-state index contributed by atoms with van der Waals surface area (Å²) < 4.78 is 0. The minimum Gasteiger partial charge on any atom is -0.299 e. The summed E-state index contributed by atoms with van der Waals surface area (Å²) in [5, 5.41) is 0. The van der Waals surface area contributed by atoms with Gasteiger partial charge in [0.2, 0.25) is 0 Å². The van der Waals surface area contributed by atoms with E-state index >= 15 is 0 Å². The van der Waals surface area contributed by atoms with Crippen molar-refractivity contribution in [2.45, 2.75) is 70.4 Å². The lowest BCUT2D eigenvalue weighted by Crippen LogP contribution is -2.29. The van der Waals surface area contributed by atoms with Crippen LogP contribution in [0.15, 0.2) is 42.5 Å². The van der Waals surface area contributed by atoms with Gasteiger partial charge in [0.25, 0.3) is 0 Å². The van der Waals surface area contributed by atoms with E-state index in [9.17, 15) is 0 Å².